The topological polar surface area (TPSA) is 29.9 Å². The van der Waals surface area contributed by atoms with Crippen molar-refractivity contribution in [2.45, 2.75) is 13.0 Å². The van der Waals surface area contributed by atoms with Crippen LogP contribution in [0.5, 0.6) is 0 Å². The van der Waals surface area contributed by atoms with Crippen molar-refractivity contribution < 1.29 is 22.0 Å². The van der Waals surface area contributed by atoms with Crippen LogP contribution in [-0.2, 0) is 7.05 Å². The van der Waals surface area contributed by atoms with Crippen molar-refractivity contribution in [3.8, 4) is 0 Å². The van der Waals surface area contributed by atoms with E-state index in [0.717, 1.165) is 0 Å². The molecule has 0 radical (unpaired) electrons. The zero-order valence-corrected chi connectivity index (χ0v) is 11.2. The second-order valence-electron chi connectivity index (χ2n) is 4.37. The van der Waals surface area contributed by atoms with Gasteiger partial charge in [-0.2, -0.15) is 0 Å². The van der Waals surface area contributed by atoms with E-state index in [9.17, 15) is 22.0 Å². The molecule has 8 heteroatoms. The van der Waals surface area contributed by atoms with Crippen LogP contribution in [0.2, 0.25) is 0 Å². The minimum Gasteiger partial charge on any atom is -0.336 e. The maximum absolute atomic E-state index is 13.9. The molecular weight excluding hydrogens is 293 g/mol. The number of halogens is 5. The standard InChI is InChI=1S/C13H12F5N3/c1-3-19-12(13-20-4-5-21(13)2)6-7(14)9(16)11(18)10(17)8(6)15/h4-5,12,19H,3H2,1-2H3. The summed E-state index contributed by atoms with van der Waals surface area (Å²) in [4.78, 5) is 3.90. The molecule has 1 heterocycles. The van der Waals surface area contributed by atoms with E-state index >= 15 is 0 Å². The summed E-state index contributed by atoms with van der Waals surface area (Å²) >= 11 is 0. The average Bonchev–Trinajstić information content (AvgIpc) is 2.88. The first-order chi connectivity index (χ1) is 9.90. The van der Waals surface area contributed by atoms with Gasteiger partial charge in [-0.25, -0.2) is 26.9 Å². The number of imidazole rings is 1. The fourth-order valence-corrected chi connectivity index (χ4v) is 2.06. The van der Waals surface area contributed by atoms with Crippen LogP contribution in [0.3, 0.4) is 0 Å². The van der Waals surface area contributed by atoms with Crippen molar-refractivity contribution >= 4 is 0 Å². The van der Waals surface area contributed by atoms with E-state index in [1.807, 2.05) is 0 Å². The highest BCUT2D eigenvalue weighted by Gasteiger charge is 2.32. The van der Waals surface area contributed by atoms with Gasteiger partial charge < -0.3 is 9.88 Å². The Hall–Kier alpha value is -1.96. The molecule has 1 unspecified atom stereocenters. The largest absolute Gasteiger partial charge is 0.336 e. The highest BCUT2D eigenvalue weighted by Crippen LogP contribution is 2.30. The van der Waals surface area contributed by atoms with Crippen molar-refractivity contribution in [3.05, 3.63) is 52.9 Å². The van der Waals surface area contributed by atoms with Gasteiger partial charge in [0.2, 0.25) is 5.82 Å². The first-order valence-corrected chi connectivity index (χ1v) is 6.12. The Morgan fingerprint density at radius 1 is 1.05 bits per heavy atom. The van der Waals surface area contributed by atoms with Crippen molar-refractivity contribution in [2.24, 2.45) is 7.05 Å². The van der Waals surface area contributed by atoms with Gasteiger partial charge in [-0.3, -0.25) is 0 Å². The third-order valence-corrected chi connectivity index (χ3v) is 3.06. The Bertz CT molecular complexity index is 639. The molecule has 21 heavy (non-hydrogen) atoms. The highest BCUT2D eigenvalue weighted by atomic mass is 19.2. The molecule has 0 aliphatic carbocycles. The van der Waals surface area contributed by atoms with E-state index in [2.05, 4.69) is 10.3 Å². The van der Waals surface area contributed by atoms with E-state index in [0.29, 0.717) is 0 Å². The summed E-state index contributed by atoms with van der Waals surface area (Å²) in [5, 5.41) is 2.68. The Labute approximate surface area is 117 Å². The van der Waals surface area contributed by atoms with Crippen LogP contribution in [-0.4, -0.2) is 16.1 Å². The number of nitrogens with one attached hydrogen (secondary N) is 1. The van der Waals surface area contributed by atoms with Crippen LogP contribution >= 0.6 is 0 Å². The number of rotatable bonds is 4. The molecule has 3 nitrogen and oxygen atoms in total. The third kappa shape index (κ3) is 2.51. The molecule has 114 valence electrons. The number of aryl methyl sites for hydroxylation is 1. The molecule has 0 saturated carbocycles. The number of benzene rings is 1. The zero-order valence-electron chi connectivity index (χ0n) is 11.2. The number of aromatic nitrogens is 2. The van der Waals surface area contributed by atoms with E-state index in [1.54, 1.807) is 14.0 Å². The molecular formula is C13H12F5N3. The Kier molecular flexibility index (Phi) is 4.26. The molecule has 1 N–H and O–H groups in total. The van der Waals surface area contributed by atoms with Crippen LogP contribution < -0.4 is 5.32 Å². The lowest BCUT2D eigenvalue weighted by atomic mass is 10.0. The van der Waals surface area contributed by atoms with E-state index in [1.165, 1.54) is 17.0 Å². The molecule has 0 fully saturated rings. The molecule has 0 amide bonds. The fourth-order valence-electron chi connectivity index (χ4n) is 2.06. The highest BCUT2D eigenvalue weighted by molar-refractivity contribution is 5.31. The first-order valence-electron chi connectivity index (χ1n) is 6.12. The molecule has 1 aromatic heterocycles. The summed E-state index contributed by atoms with van der Waals surface area (Å²) in [5.74, 6) is -9.70. The lowest BCUT2D eigenvalue weighted by Crippen LogP contribution is -2.28. The molecule has 1 atom stereocenters. The van der Waals surface area contributed by atoms with Crippen molar-refractivity contribution in [1.29, 1.82) is 0 Å². The quantitative estimate of drug-likeness (QED) is 0.535. The van der Waals surface area contributed by atoms with Crippen molar-refractivity contribution in [2.75, 3.05) is 6.54 Å². The van der Waals surface area contributed by atoms with Gasteiger partial charge in [-0.05, 0) is 6.54 Å². The van der Waals surface area contributed by atoms with Crippen LogP contribution in [0.15, 0.2) is 12.4 Å². The van der Waals surface area contributed by atoms with Gasteiger partial charge in [0.15, 0.2) is 23.3 Å². The maximum Gasteiger partial charge on any atom is 0.200 e. The minimum atomic E-state index is -2.18. The fraction of sp³-hybridized carbons (Fsp3) is 0.308. The second-order valence-corrected chi connectivity index (χ2v) is 4.37. The van der Waals surface area contributed by atoms with Gasteiger partial charge in [-0.1, -0.05) is 6.92 Å². The van der Waals surface area contributed by atoms with Gasteiger partial charge in [-0.15, -0.1) is 0 Å². The van der Waals surface area contributed by atoms with E-state index < -0.39 is 40.7 Å². The average molecular weight is 305 g/mol. The smallest absolute Gasteiger partial charge is 0.200 e. The minimum absolute atomic E-state index is 0.139. The predicted octanol–water partition coefficient (Wildman–Crippen LogP) is 2.81. The lowest BCUT2D eigenvalue weighted by Gasteiger charge is -2.20. The molecule has 2 aromatic rings. The molecule has 0 spiro atoms. The zero-order chi connectivity index (χ0) is 15.7. The van der Waals surface area contributed by atoms with Gasteiger partial charge in [0.1, 0.15) is 5.82 Å². The van der Waals surface area contributed by atoms with Gasteiger partial charge in [0, 0.05) is 19.4 Å². The maximum atomic E-state index is 13.9. The summed E-state index contributed by atoms with van der Waals surface area (Å²) < 4.78 is 69.0. The summed E-state index contributed by atoms with van der Waals surface area (Å²) in [7, 11) is 1.55. The Morgan fingerprint density at radius 3 is 2.00 bits per heavy atom. The van der Waals surface area contributed by atoms with Crippen LogP contribution in [0.1, 0.15) is 24.4 Å². The monoisotopic (exact) mass is 305 g/mol. The van der Waals surface area contributed by atoms with Crippen LogP contribution in [0.4, 0.5) is 22.0 Å². The third-order valence-electron chi connectivity index (χ3n) is 3.06. The Morgan fingerprint density at radius 2 is 1.57 bits per heavy atom. The van der Waals surface area contributed by atoms with Gasteiger partial charge >= 0.3 is 0 Å². The summed E-state index contributed by atoms with van der Waals surface area (Å²) in [6, 6.07) is -1.25. The molecule has 0 aliphatic heterocycles. The van der Waals surface area contributed by atoms with Gasteiger partial charge in [0.05, 0.1) is 11.6 Å². The summed E-state index contributed by atoms with van der Waals surface area (Å²) in [6.45, 7) is 1.89. The number of nitrogens with zero attached hydrogens (tertiary/aromatic N) is 2. The summed E-state index contributed by atoms with van der Waals surface area (Å²) in [6.07, 6.45) is 2.87. The molecule has 0 saturated heterocycles. The second kappa shape index (κ2) is 5.80. The molecule has 2 rings (SSSR count). The van der Waals surface area contributed by atoms with Crippen LogP contribution in [0.25, 0.3) is 0 Å². The van der Waals surface area contributed by atoms with E-state index in [4.69, 9.17) is 0 Å². The van der Waals surface area contributed by atoms with Gasteiger partial charge in [0.25, 0.3) is 0 Å². The lowest BCUT2D eigenvalue weighted by molar-refractivity contribution is 0.360. The molecule has 0 aliphatic rings. The Balaban J connectivity index is 2.70. The predicted molar refractivity (Wildman–Crippen MR) is 65.0 cm³/mol. The normalized spacial score (nSPS) is 12.7. The first kappa shape index (κ1) is 15.4. The summed E-state index contributed by atoms with van der Waals surface area (Å²) in [5.41, 5.74) is -0.942. The van der Waals surface area contributed by atoms with Crippen molar-refractivity contribution in [3.63, 3.8) is 0 Å². The molecule has 0 bridgehead atoms. The van der Waals surface area contributed by atoms with Crippen molar-refractivity contribution in [1.82, 2.24) is 14.9 Å². The molecule has 1 aromatic carbocycles. The SMILES string of the molecule is CCNC(c1c(F)c(F)c(F)c(F)c1F)c1nccn1C. The van der Waals surface area contributed by atoms with Crippen LogP contribution in [0, 0.1) is 29.1 Å². The number of hydrogen-bond donors (Lipinski definition) is 1. The number of hydrogen-bond acceptors (Lipinski definition) is 2. The van der Waals surface area contributed by atoms with E-state index in [-0.39, 0.29) is 12.4 Å².